The van der Waals surface area contributed by atoms with E-state index in [0.29, 0.717) is 34.9 Å². The molecule has 1 aliphatic heterocycles. The minimum absolute atomic E-state index is 0.0900. The highest BCUT2D eigenvalue weighted by Crippen LogP contribution is 2.21. The van der Waals surface area contributed by atoms with Gasteiger partial charge in [0.15, 0.2) is 0 Å². The summed E-state index contributed by atoms with van der Waals surface area (Å²) in [5.74, 6) is -0.0900. The summed E-state index contributed by atoms with van der Waals surface area (Å²) in [6, 6.07) is 2.15. The molecule has 118 valence electrons. The van der Waals surface area contributed by atoms with Crippen molar-refractivity contribution in [3.05, 3.63) is 23.0 Å². The van der Waals surface area contributed by atoms with Gasteiger partial charge in [0.25, 0.3) is 11.6 Å². The molecule has 6 nitrogen and oxygen atoms in total. The van der Waals surface area contributed by atoms with Crippen molar-refractivity contribution in [1.29, 1.82) is 0 Å². The summed E-state index contributed by atoms with van der Waals surface area (Å²) in [5, 5.41) is 7.65. The summed E-state index contributed by atoms with van der Waals surface area (Å²) >= 11 is 0. The molecule has 0 saturated carbocycles. The Morgan fingerprint density at radius 1 is 1.41 bits per heavy atom. The highest BCUT2D eigenvalue weighted by molar-refractivity contribution is 6.06. The van der Waals surface area contributed by atoms with Gasteiger partial charge < -0.3 is 9.84 Å². The molecule has 1 amide bonds. The molecule has 3 heterocycles. The number of fused-ring (bicyclic) bond motifs is 1. The molecule has 1 N–H and O–H groups in total. The number of aryl methyl sites for hydroxylation is 2. The third-order valence-corrected chi connectivity index (χ3v) is 4.31. The maximum atomic E-state index is 12.6. The first kappa shape index (κ1) is 15.0. The number of aromatic nitrogens is 2. The van der Waals surface area contributed by atoms with Crippen molar-refractivity contribution in [3.63, 3.8) is 0 Å². The SMILES string of the molecule is Cc1cc(C(=O)NCC(C)N2CCCC2)c2c(C)noc2n1. The highest BCUT2D eigenvalue weighted by Gasteiger charge is 2.21. The number of carbonyl (C=O) groups is 1. The van der Waals surface area contributed by atoms with Gasteiger partial charge in [-0.05, 0) is 52.8 Å². The standard InChI is InChI=1S/C16H22N4O2/c1-10-8-13(14-12(3)19-22-16(14)18-10)15(21)17-9-11(2)20-6-4-5-7-20/h8,11H,4-7,9H2,1-3H3,(H,17,21). The smallest absolute Gasteiger partial charge is 0.258 e. The van der Waals surface area contributed by atoms with Crippen LogP contribution in [-0.4, -0.2) is 46.6 Å². The van der Waals surface area contributed by atoms with Crippen molar-refractivity contribution < 1.29 is 9.32 Å². The van der Waals surface area contributed by atoms with E-state index in [1.807, 2.05) is 13.8 Å². The number of carbonyl (C=O) groups excluding carboxylic acids is 1. The van der Waals surface area contributed by atoms with Gasteiger partial charge in [0.05, 0.1) is 16.6 Å². The molecule has 1 atom stereocenters. The largest absolute Gasteiger partial charge is 0.350 e. The van der Waals surface area contributed by atoms with Crippen LogP contribution in [-0.2, 0) is 0 Å². The maximum absolute atomic E-state index is 12.6. The molecule has 1 saturated heterocycles. The minimum atomic E-state index is -0.0900. The van der Waals surface area contributed by atoms with E-state index >= 15 is 0 Å². The van der Waals surface area contributed by atoms with Gasteiger partial charge in [-0.15, -0.1) is 0 Å². The Kier molecular flexibility index (Phi) is 4.11. The predicted octanol–water partition coefficient (Wildman–Crippen LogP) is 2.05. The van der Waals surface area contributed by atoms with Crippen LogP contribution >= 0.6 is 0 Å². The first-order valence-electron chi connectivity index (χ1n) is 7.82. The maximum Gasteiger partial charge on any atom is 0.258 e. The molecule has 1 aliphatic rings. The van der Waals surface area contributed by atoms with Crippen molar-refractivity contribution in [2.45, 2.75) is 39.7 Å². The Morgan fingerprint density at radius 3 is 2.86 bits per heavy atom. The Labute approximate surface area is 129 Å². The predicted molar refractivity (Wildman–Crippen MR) is 83.9 cm³/mol. The van der Waals surface area contributed by atoms with E-state index in [1.54, 1.807) is 6.07 Å². The molecule has 0 aliphatic carbocycles. The van der Waals surface area contributed by atoms with Crippen LogP contribution in [0, 0.1) is 13.8 Å². The zero-order valence-electron chi connectivity index (χ0n) is 13.3. The second kappa shape index (κ2) is 6.04. The Bertz CT molecular complexity index is 689. The monoisotopic (exact) mass is 302 g/mol. The third-order valence-electron chi connectivity index (χ3n) is 4.31. The average Bonchev–Trinajstić information content (AvgIpc) is 3.14. The van der Waals surface area contributed by atoms with Crippen LogP contribution in [0.4, 0.5) is 0 Å². The van der Waals surface area contributed by atoms with Gasteiger partial charge >= 0.3 is 0 Å². The third kappa shape index (κ3) is 2.83. The molecule has 0 bridgehead atoms. The summed E-state index contributed by atoms with van der Waals surface area (Å²) < 4.78 is 5.18. The first-order chi connectivity index (χ1) is 10.6. The molecule has 6 heteroatoms. The number of rotatable bonds is 4. The topological polar surface area (TPSA) is 71.3 Å². The lowest BCUT2D eigenvalue weighted by atomic mass is 10.1. The van der Waals surface area contributed by atoms with Crippen molar-refractivity contribution in [1.82, 2.24) is 20.4 Å². The summed E-state index contributed by atoms with van der Waals surface area (Å²) in [5.41, 5.74) is 2.46. The lowest BCUT2D eigenvalue weighted by Gasteiger charge is -2.23. The van der Waals surface area contributed by atoms with E-state index in [-0.39, 0.29) is 5.91 Å². The molecular weight excluding hydrogens is 280 g/mol. The number of likely N-dealkylation sites (tertiary alicyclic amines) is 1. The normalized spacial score (nSPS) is 17.0. The van der Waals surface area contributed by atoms with E-state index in [1.165, 1.54) is 12.8 Å². The Balaban J connectivity index is 1.76. The Hall–Kier alpha value is -1.95. The Morgan fingerprint density at radius 2 is 2.14 bits per heavy atom. The fourth-order valence-corrected chi connectivity index (χ4v) is 3.04. The lowest BCUT2D eigenvalue weighted by Crippen LogP contribution is -2.40. The van der Waals surface area contributed by atoms with E-state index in [4.69, 9.17) is 4.52 Å². The number of hydrogen-bond donors (Lipinski definition) is 1. The molecule has 0 radical (unpaired) electrons. The molecule has 2 aromatic heterocycles. The second-order valence-corrected chi connectivity index (χ2v) is 6.06. The zero-order valence-corrected chi connectivity index (χ0v) is 13.3. The van der Waals surface area contributed by atoms with Gasteiger partial charge in [0.2, 0.25) is 0 Å². The fourth-order valence-electron chi connectivity index (χ4n) is 3.04. The number of nitrogens with zero attached hydrogens (tertiary/aromatic N) is 3. The molecule has 3 rings (SSSR count). The second-order valence-electron chi connectivity index (χ2n) is 6.06. The molecule has 22 heavy (non-hydrogen) atoms. The van der Waals surface area contributed by atoms with Crippen LogP contribution in [0.15, 0.2) is 10.6 Å². The number of pyridine rings is 1. The zero-order chi connectivity index (χ0) is 15.7. The van der Waals surface area contributed by atoms with Crippen molar-refractivity contribution >= 4 is 17.0 Å². The summed E-state index contributed by atoms with van der Waals surface area (Å²) in [7, 11) is 0. The van der Waals surface area contributed by atoms with E-state index in [9.17, 15) is 4.79 Å². The van der Waals surface area contributed by atoms with E-state index in [0.717, 1.165) is 18.8 Å². The molecule has 0 spiro atoms. The van der Waals surface area contributed by atoms with E-state index < -0.39 is 0 Å². The molecule has 1 fully saturated rings. The fraction of sp³-hybridized carbons (Fsp3) is 0.562. The van der Waals surface area contributed by atoms with Gasteiger partial charge in [-0.3, -0.25) is 9.69 Å². The molecule has 1 unspecified atom stereocenters. The molecular formula is C16H22N4O2. The van der Waals surface area contributed by atoms with Crippen molar-refractivity contribution in [2.24, 2.45) is 0 Å². The van der Waals surface area contributed by atoms with Crippen molar-refractivity contribution in [3.8, 4) is 0 Å². The van der Waals surface area contributed by atoms with Crippen LogP contribution in [0.5, 0.6) is 0 Å². The number of hydrogen-bond acceptors (Lipinski definition) is 5. The van der Waals surface area contributed by atoms with E-state index in [2.05, 4.69) is 27.3 Å². The minimum Gasteiger partial charge on any atom is -0.350 e. The van der Waals surface area contributed by atoms with Crippen LogP contribution in [0.3, 0.4) is 0 Å². The number of nitrogens with one attached hydrogen (secondary N) is 1. The lowest BCUT2D eigenvalue weighted by molar-refractivity contribution is 0.0942. The number of amides is 1. The average molecular weight is 302 g/mol. The first-order valence-corrected chi connectivity index (χ1v) is 7.82. The van der Waals surface area contributed by atoms with Gasteiger partial charge in [0.1, 0.15) is 0 Å². The summed E-state index contributed by atoms with van der Waals surface area (Å²) in [4.78, 5) is 19.2. The summed E-state index contributed by atoms with van der Waals surface area (Å²) in [6.07, 6.45) is 2.50. The van der Waals surface area contributed by atoms with Crippen LogP contribution < -0.4 is 5.32 Å². The molecule has 2 aromatic rings. The summed E-state index contributed by atoms with van der Waals surface area (Å²) in [6.45, 7) is 8.73. The van der Waals surface area contributed by atoms with Gasteiger partial charge in [-0.1, -0.05) is 5.16 Å². The van der Waals surface area contributed by atoms with Crippen LogP contribution in [0.2, 0.25) is 0 Å². The molecule has 0 aromatic carbocycles. The van der Waals surface area contributed by atoms with Crippen molar-refractivity contribution in [2.75, 3.05) is 19.6 Å². The van der Waals surface area contributed by atoms with Crippen LogP contribution in [0.1, 0.15) is 41.5 Å². The quantitative estimate of drug-likeness (QED) is 0.936. The van der Waals surface area contributed by atoms with Crippen LogP contribution in [0.25, 0.3) is 11.1 Å². The van der Waals surface area contributed by atoms with Gasteiger partial charge in [0, 0.05) is 18.3 Å². The van der Waals surface area contributed by atoms with Gasteiger partial charge in [-0.2, -0.15) is 0 Å². The highest BCUT2D eigenvalue weighted by atomic mass is 16.5. The van der Waals surface area contributed by atoms with Gasteiger partial charge in [-0.25, -0.2) is 4.98 Å².